The molecule has 0 bridgehead atoms. The molecule has 1 heterocycles. The zero-order valence-corrected chi connectivity index (χ0v) is 9.24. The van der Waals surface area contributed by atoms with E-state index in [9.17, 15) is 5.11 Å². The molecule has 0 saturated heterocycles. The van der Waals surface area contributed by atoms with Crippen LogP contribution in [0.15, 0.2) is 53.9 Å². The predicted octanol–water partition coefficient (Wildman–Crippen LogP) is 1.91. The van der Waals surface area contributed by atoms with Gasteiger partial charge in [0.2, 0.25) is 0 Å². The van der Waals surface area contributed by atoms with E-state index in [1.165, 1.54) is 0 Å². The van der Waals surface area contributed by atoms with Gasteiger partial charge in [0.1, 0.15) is 5.75 Å². The van der Waals surface area contributed by atoms with Crippen molar-refractivity contribution in [3.8, 4) is 5.75 Å². The van der Waals surface area contributed by atoms with Crippen molar-refractivity contribution in [2.45, 2.75) is 6.54 Å². The van der Waals surface area contributed by atoms with Crippen molar-refractivity contribution in [1.82, 2.24) is 10.4 Å². The van der Waals surface area contributed by atoms with Crippen molar-refractivity contribution < 1.29 is 5.11 Å². The van der Waals surface area contributed by atoms with Gasteiger partial charge in [-0.25, -0.2) is 0 Å². The third-order valence-electron chi connectivity index (χ3n) is 2.24. The van der Waals surface area contributed by atoms with E-state index in [1.807, 2.05) is 18.2 Å². The van der Waals surface area contributed by atoms with Crippen LogP contribution in [0.1, 0.15) is 11.1 Å². The Hall–Kier alpha value is -2.36. The van der Waals surface area contributed by atoms with Gasteiger partial charge in [0, 0.05) is 18.0 Å². The maximum Gasteiger partial charge on any atom is 0.124 e. The van der Waals surface area contributed by atoms with Crippen molar-refractivity contribution in [1.29, 1.82) is 0 Å². The number of para-hydroxylation sites is 1. The molecule has 1 aromatic heterocycles. The molecule has 0 radical (unpaired) electrons. The van der Waals surface area contributed by atoms with Crippen molar-refractivity contribution in [3.63, 3.8) is 0 Å². The first-order valence-corrected chi connectivity index (χ1v) is 5.29. The first-order valence-electron chi connectivity index (χ1n) is 5.29. The van der Waals surface area contributed by atoms with E-state index in [0.717, 1.165) is 5.56 Å². The summed E-state index contributed by atoms with van der Waals surface area (Å²) < 4.78 is 0. The fraction of sp³-hybridized carbons (Fsp3) is 0.0769. The number of hydrazone groups is 1. The maximum atomic E-state index is 9.50. The van der Waals surface area contributed by atoms with Crippen LogP contribution < -0.4 is 5.43 Å². The average Bonchev–Trinajstić information content (AvgIpc) is 2.38. The van der Waals surface area contributed by atoms with E-state index in [1.54, 1.807) is 36.8 Å². The van der Waals surface area contributed by atoms with Gasteiger partial charge in [-0.1, -0.05) is 18.2 Å². The van der Waals surface area contributed by atoms with Crippen molar-refractivity contribution in [2.75, 3.05) is 0 Å². The van der Waals surface area contributed by atoms with Gasteiger partial charge in [-0.05, 0) is 23.8 Å². The highest BCUT2D eigenvalue weighted by molar-refractivity contribution is 5.82. The van der Waals surface area contributed by atoms with E-state index in [0.29, 0.717) is 12.1 Å². The number of phenols is 1. The minimum atomic E-state index is 0.222. The topological polar surface area (TPSA) is 57.5 Å². The number of hydrogen-bond acceptors (Lipinski definition) is 4. The minimum Gasteiger partial charge on any atom is -0.507 e. The Kier molecular flexibility index (Phi) is 3.70. The third-order valence-corrected chi connectivity index (χ3v) is 2.24. The van der Waals surface area contributed by atoms with Crippen LogP contribution in [0.5, 0.6) is 5.75 Å². The highest BCUT2D eigenvalue weighted by Crippen LogP contribution is 2.12. The van der Waals surface area contributed by atoms with Gasteiger partial charge < -0.3 is 10.5 Å². The highest BCUT2D eigenvalue weighted by atomic mass is 16.3. The molecule has 0 atom stereocenters. The molecule has 0 aliphatic rings. The van der Waals surface area contributed by atoms with Crippen LogP contribution in [0.4, 0.5) is 0 Å². The number of benzene rings is 1. The molecule has 2 rings (SSSR count). The lowest BCUT2D eigenvalue weighted by atomic mass is 10.2. The van der Waals surface area contributed by atoms with Gasteiger partial charge in [0.25, 0.3) is 0 Å². The summed E-state index contributed by atoms with van der Waals surface area (Å²) in [4.78, 5) is 4.00. The Labute approximate surface area is 99.6 Å². The SMILES string of the molecule is Oc1ccccc1C=NNCc1cccnc1. The van der Waals surface area contributed by atoms with Gasteiger partial charge in [0.15, 0.2) is 0 Å². The standard InChI is InChI=1S/C13H13N3O/c17-13-6-2-1-5-12(13)10-16-15-9-11-4-3-7-14-8-11/h1-8,10,15,17H,9H2. The molecule has 0 aliphatic carbocycles. The van der Waals surface area contributed by atoms with Crippen LogP contribution in [0.25, 0.3) is 0 Å². The summed E-state index contributed by atoms with van der Waals surface area (Å²) in [6.45, 7) is 0.609. The Morgan fingerprint density at radius 1 is 1.24 bits per heavy atom. The first kappa shape index (κ1) is 11.1. The summed E-state index contributed by atoms with van der Waals surface area (Å²) in [6.07, 6.45) is 5.10. The zero-order chi connectivity index (χ0) is 11.9. The van der Waals surface area contributed by atoms with E-state index in [4.69, 9.17) is 0 Å². The summed E-state index contributed by atoms with van der Waals surface area (Å²) in [7, 11) is 0. The number of rotatable bonds is 4. The Morgan fingerprint density at radius 2 is 2.12 bits per heavy atom. The molecule has 0 spiro atoms. The Bertz CT molecular complexity index is 497. The molecule has 2 N–H and O–H groups in total. The van der Waals surface area contributed by atoms with Crippen LogP contribution in [-0.2, 0) is 6.54 Å². The molecule has 0 aliphatic heterocycles. The summed E-state index contributed by atoms with van der Waals surface area (Å²) in [5, 5.41) is 13.5. The van der Waals surface area contributed by atoms with Gasteiger partial charge >= 0.3 is 0 Å². The number of hydrogen-bond donors (Lipinski definition) is 2. The molecule has 4 nitrogen and oxygen atoms in total. The predicted molar refractivity (Wildman–Crippen MR) is 66.8 cm³/mol. The smallest absolute Gasteiger partial charge is 0.124 e. The molecule has 0 unspecified atom stereocenters. The second-order valence-corrected chi connectivity index (χ2v) is 3.51. The molecule has 0 amide bonds. The zero-order valence-electron chi connectivity index (χ0n) is 9.24. The first-order chi connectivity index (χ1) is 8.36. The molecule has 2 aromatic rings. The third kappa shape index (κ3) is 3.31. The fourth-order valence-corrected chi connectivity index (χ4v) is 1.35. The van der Waals surface area contributed by atoms with Crippen molar-refractivity contribution in [3.05, 3.63) is 59.9 Å². The largest absolute Gasteiger partial charge is 0.507 e. The van der Waals surface area contributed by atoms with E-state index in [2.05, 4.69) is 15.5 Å². The number of phenolic OH excluding ortho intramolecular Hbond substituents is 1. The van der Waals surface area contributed by atoms with Gasteiger partial charge in [-0.15, -0.1) is 0 Å². The number of aromatic hydroxyl groups is 1. The molecule has 86 valence electrons. The molecule has 4 heteroatoms. The van der Waals surface area contributed by atoms with Gasteiger partial charge in [-0.2, -0.15) is 5.10 Å². The number of aromatic nitrogens is 1. The molecule has 0 saturated carbocycles. The average molecular weight is 227 g/mol. The van der Waals surface area contributed by atoms with Crippen molar-refractivity contribution >= 4 is 6.21 Å². The van der Waals surface area contributed by atoms with E-state index >= 15 is 0 Å². The highest BCUT2D eigenvalue weighted by Gasteiger charge is 1.94. The van der Waals surface area contributed by atoms with Crippen LogP contribution in [0, 0.1) is 0 Å². The van der Waals surface area contributed by atoms with E-state index in [-0.39, 0.29) is 5.75 Å². The quantitative estimate of drug-likeness (QED) is 0.619. The normalized spacial score (nSPS) is 10.6. The van der Waals surface area contributed by atoms with Crippen LogP contribution in [-0.4, -0.2) is 16.3 Å². The summed E-state index contributed by atoms with van der Waals surface area (Å²) in [5.74, 6) is 0.222. The molecular formula is C13H13N3O. The van der Waals surface area contributed by atoms with Gasteiger partial charge in [-0.3, -0.25) is 4.98 Å². The summed E-state index contributed by atoms with van der Waals surface area (Å²) in [5.41, 5.74) is 4.64. The summed E-state index contributed by atoms with van der Waals surface area (Å²) >= 11 is 0. The van der Waals surface area contributed by atoms with Crippen LogP contribution >= 0.6 is 0 Å². The lowest BCUT2D eigenvalue weighted by Gasteiger charge is -2.00. The maximum absolute atomic E-state index is 9.50. The number of pyridine rings is 1. The lowest BCUT2D eigenvalue weighted by Crippen LogP contribution is -2.05. The van der Waals surface area contributed by atoms with Gasteiger partial charge in [0.05, 0.1) is 12.8 Å². The van der Waals surface area contributed by atoms with Crippen LogP contribution in [0.3, 0.4) is 0 Å². The van der Waals surface area contributed by atoms with E-state index < -0.39 is 0 Å². The monoisotopic (exact) mass is 227 g/mol. The second kappa shape index (κ2) is 5.65. The van der Waals surface area contributed by atoms with Crippen LogP contribution in [0.2, 0.25) is 0 Å². The number of nitrogens with one attached hydrogen (secondary N) is 1. The van der Waals surface area contributed by atoms with Crippen molar-refractivity contribution in [2.24, 2.45) is 5.10 Å². The summed E-state index contributed by atoms with van der Waals surface area (Å²) in [6, 6.07) is 10.9. The Morgan fingerprint density at radius 3 is 2.88 bits per heavy atom. The lowest BCUT2D eigenvalue weighted by molar-refractivity contribution is 0.474. The second-order valence-electron chi connectivity index (χ2n) is 3.51. The molecule has 1 aromatic carbocycles. The number of nitrogens with zero attached hydrogens (tertiary/aromatic N) is 2. The Balaban J connectivity index is 1.89. The molecule has 17 heavy (non-hydrogen) atoms. The molecule has 0 fully saturated rings. The minimum absolute atomic E-state index is 0.222. The fourth-order valence-electron chi connectivity index (χ4n) is 1.35. The molecular weight excluding hydrogens is 214 g/mol.